The zero-order valence-electron chi connectivity index (χ0n) is 12.5. The highest BCUT2D eigenvalue weighted by Gasteiger charge is 2.09. The van der Waals surface area contributed by atoms with Crippen LogP contribution in [0.2, 0.25) is 5.02 Å². The molecule has 20 heavy (non-hydrogen) atoms. The number of aromatic nitrogens is 2. The van der Waals surface area contributed by atoms with Gasteiger partial charge in [0, 0.05) is 23.8 Å². The van der Waals surface area contributed by atoms with Crippen molar-refractivity contribution in [3.8, 4) is 5.69 Å². The maximum atomic E-state index is 6.14. The third-order valence-corrected chi connectivity index (χ3v) is 3.43. The molecular formula is C16H22ClN3. The largest absolute Gasteiger partial charge is 0.310 e. The molecule has 0 bridgehead atoms. The predicted molar refractivity (Wildman–Crippen MR) is 84.6 cm³/mol. The van der Waals surface area contributed by atoms with Gasteiger partial charge in [-0.05, 0) is 29.7 Å². The Bertz CT molecular complexity index is 573. The van der Waals surface area contributed by atoms with E-state index in [4.69, 9.17) is 11.6 Å². The van der Waals surface area contributed by atoms with Crippen molar-refractivity contribution in [3.05, 3.63) is 46.7 Å². The third kappa shape index (κ3) is 3.62. The van der Waals surface area contributed by atoms with Gasteiger partial charge in [-0.3, -0.25) is 0 Å². The summed E-state index contributed by atoms with van der Waals surface area (Å²) in [5, 5.41) is 8.81. The second kappa shape index (κ2) is 6.42. The molecule has 4 heteroatoms. The van der Waals surface area contributed by atoms with Crippen LogP contribution < -0.4 is 5.32 Å². The highest BCUT2D eigenvalue weighted by atomic mass is 35.5. The van der Waals surface area contributed by atoms with E-state index < -0.39 is 0 Å². The topological polar surface area (TPSA) is 29.9 Å². The van der Waals surface area contributed by atoms with Gasteiger partial charge in [0.25, 0.3) is 0 Å². The van der Waals surface area contributed by atoms with Crippen LogP contribution in [0.3, 0.4) is 0 Å². The van der Waals surface area contributed by atoms with Gasteiger partial charge in [0.1, 0.15) is 0 Å². The summed E-state index contributed by atoms with van der Waals surface area (Å²) in [6, 6.07) is 8.46. The van der Waals surface area contributed by atoms with E-state index in [1.807, 2.05) is 23.0 Å². The smallest absolute Gasteiger partial charge is 0.0705 e. The molecule has 108 valence electrons. The molecule has 2 aromatic rings. The van der Waals surface area contributed by atoms with Crippen molar-refractivity contribution >= 4 is 11.6 Å². The van der Waals surface area contributed by atoms with E-state index in [9.17, 15) is 0 Å². The molecule has 3 nitrogen and oxygen atoms in total. The van der Waals surface area contributed by atoms with Crippen molar-refractivity contribution in [1.82, 2.24) is 15.1 Å². The van der Waals surface area contributed by atoms with Gasteiger partial charge in [-0.15, -0.1) is 0 Å². The van der Waals surface area contributed by atoms with Gasteiger partial charge in [-0.1, -0.05) is 45.4 Å². The van der Waals surface area contributed by atoms with E-state index in [0.717, 1.165) is 22.9 Å². The van der Waals surface area contributed by atoms with Gasteiger partial charge in [0.2, 0.25) is 0 Å². The molecule has 0 saturated carbocycles. The number of halogens is 1. The highest BCUT2D eigenvalue weighted by Crippen LogP contribution is 2.21. The van der Waals surface area contributed by atoms with Gasteiger partial charge < -0.3 is 5.32 Å². The molecule has 1 N–H and O–H groups in total. The SMILES string of the molecule is CC(C)NCc1ccc(Cl)cc1-n1ccc(C(C)C)n1. The molecule has 0 amide bonds. The minimum atomic E-state index is 0.424. The predicted octanol–water partition coefficient (Wildman–Crippen LogP) is 4.15. The van der Waals surface area contributed by atoms with Crippen LogP contribution >= 0.6 is 11.6 Å². The molecule has 0 aliphatic carbocycles. The first-order chi connectivity index (χ1) is 9.47. The van der Waals surface area contributed by atoms with Crippen LogP contribution in [0, 0.1) is 0 Å². The fraction of sp³-hybridized carbons (Fsp3) is 0.438. The zero-order valence-corrected chi connectivity index (χ0v) is 13.3. The second-order valence-electron chi connectivity index (χ2n) is 5.65. The lowest BCUT2D eigenvalue weighted by molar-refractivity contribution is 0.586. The summed E-state index contributed by atoms with van der Waals surface area (Å²) in [6.07, 6.45) is 2.00. The fourth-order valence-electron chi connectivity index (χ4n) is 1.99. The normalized spacial score (nSPS) is 11.6. The number of hydrogen-bond donors (Lipinski definition) is 1. The summed E-state index contributed by atoms with van der Waals surface area (Å²) < 4.78 is 1.92. The lowest BCUT2D eigenvalue weighted by Gasteiger charge is -2.13. The standard InChI is InChI=1S/C16H22ClN3/c1-11(2)15-7-8-20(19-15)16-9-14(17)6-5-13(16)10-18-12(3)4/h5-9,11-12,18H,10H2,1-4H3. The fourth-order valence-corrected chi connectivity index (χ4v) is 2.16. The van der Waals surface area contributed by atoms with Crippen LogP contribution in [0.25, 0.3) is 5.69 Å². The van der Waals surface area contributed by atoms with E-state index in [1.54, 1.807) is 0 Å². The van der Waals surface area contributed by atoms with Crippen LogP contribution in [0.4, 0.5) is 0 Å². The Kier molecular flexibility index (Phi) is 4.84. The molecule has 0 unspecified atom stereocenters. The minimum absolute atomic E-state index is 0.424. The van der Waals surface area contributed by atoms with Crippen LogP contribution in [-0.4, -0.2) is 15.8 Å². The Labute approximate surface area is 126 Å². The molecule has 0 fully saturated rings. The van der Waals surface area contributed by atoms with Crippen molar-refractivity contribution in [2.75, 3.05) is 0 Å². The third-order valence-electron chi connectivity index (χ3n) is 3.20. The van der Waals surface area contributed by atoms with E-state index in [-0.39, 0.29) is 0 Å². The molecule has 0 spiro atoms. The van der Waals surface area contributed by atoms with Crippen molar-refractivity contribution in [3.63, 3.8) is 0 Å². The summed E-state index contributed by atoms with van der Waals surface area (Å²) >= 11 is 6.14. The maximum absolute atomic E-state index is 6.14. The Balaban J connectivity index is 2.34. The van der Waals surface area contributed by atoms with Gasteiger partial charge in [0.05, 0.1) is 11.4 Å². The number of benzene rings is 1. The lowest BCUT2D eigenvalue weighted by atomic mass is 10.1. The van der Waals surface area contributed by atoms with E-state index in [1.165, 1.54) is 5.56 Å². The summed E-state index contributed by atoms with van der Waals surface area (Å²) in [4.78, 5) is 0. The molecule has 0 aliphatic rings. The van der Waals surface area contributed by atoms with E-state index in [2.05, 4.69) is 50.2 Å². The highest BCUT2D eigenvalue weighted by molar-refractivity contribution is 6.30. The molecule has 0 radical (unpaired) electrons. The molecule has 0 saturated heterocycles. The first kappa shape index (κ1) is 15.1. The first-order valence-electron chi connectivity index (χ1n) is 7.05. The second-order valence-corrected chi connectivity index (χ2v) is 6.08. The maximum Gasteiger partial charge on any atom is 0.0705 e. The quantitative estimate of drug-likeness (QED) is 0.897. The van der Waals surface area contributed by atoms with Gasteiger partial charge in [-0.25, -0.2) is 4.68 Å². The van der Waals surface area contributed by atoms with Crippen LogP contribution in [0.15, 0.2) is 30.5 Å². The molecule has 0 atom stereocenters. The van der Waals surface area contributed by atoms with Gasteiger partial charge in [0.15, 0.2) is 0 Å². The lowest BCUT2D eigenvalue weighted by Crippen LogP contribution is -2.22. The van der Waals surface area contributed by atoms with Crippen molar-refractivity contribution in [2.24, 2.45) is 0 Å². The van der Waals surface area contributed by atoms with Gasteiger partial charge in [-0.2, -0.15) is 5.10 Å². The first-order valence-corrected chi connectivity index (χ1v) is 7.43. The van der Waals surface area contributed by atoms with Gasteiger partial charge >= 0.3 is 0 Å². The molecule has 2 rings (SSSR count). The minimum Gasteiger partial charge on any atom is -0.310 e. The average molecular weight is 292 g/mol. The summed E-state index contributed by atoms with van der Waals surface area (Å²) in [6.45, 7) is 9.37. The number of hydrogen-bond acceptors (Lipinski definition) is 2. The van der Waals surface area contributed by atoms with Crippen molar-refractivity contribution < 1.29 is 0 Å². The molecule has 1 aromatic carbocycles. The molecule has 1 aromatic heterocycles. The Morgan fingerprint density at radius 2 is 1.95 bits per heavy atom. The van der Waals surface area contributed by atoms with E-state index >= 15 is 0 Å². The number of rotatable bonds is 5. The van der Waals surface area contributed by atoms with Crippen molar-refractivity contribution in [2.45, 2.75) is 46.2 Å². The Hall–Kier alpha value is -1.32. The molecular weight excluding hydrogens is 270 g/mol. The van der Waals surface area contributed by atoms with E-state index in [0.29, 0.717) is 12.0 Å². The zero-order chi connectivity index (χ0) is 14.7. The summed E-state index contributed by atoms with van der Waals surface area (Å²) in [5.41, 5.74) is 3.33. The summed E-state index contributed by atoms with van der Waals surface area (Å²) in [5.74, 6) is 0.424. The molecule has 1 heterocycles. The molecule has 0 aliphatic heterocycles. The van der Waals surface area contributed by atoms with Crippen molar-refractivity contribution in [1.29, 1.82) is 0 Å². The van der Waals surface area contributed by atoms with Crippen LogP contribution in [0.5, 0.6) is 0 Å². The Morgan fingerprint density at radius 3 is 2.55 bits per heavy atom. The number of nitrogens with one attached hydrogen (secondary N) is 1. The Morgan fingerprint density at radius 1 is 1.20 bits per heavy atom. The number of nitrogens with zero attached hydrogens (tertiary/aromatic N) is 2. The summed E-state index contributed by atoms with van der Waals surface area (Å²) in [7, 11) is 0. The average Bonchev–Trinajstić information content (AvgIpc) is 2.86. The van der Waals surface area contributed by atoms with Crippen LogP contribution in [-0.2, 0) is 6.54 Å². The monoisotopic (exact) mass is 291 g/mol. The van der Waals surface area contributed by atoms with Crippen LogP contribution in [0.1, 0.15) is 44.9 Å².